The van der Waals surface area contributed by atoms with Gasteiger partial charge >= 0.3 is 0 Å². The summed E-state index contributed by atoms with van der Waals surface area (Å²) in [7, 11) is 3.33. The van der Waals surface area contributed by atoms with E-state index in [2.05, 4.69) is 12.2 Å². The maximum absolute atomic E-state index is 6.23. The highest BCUT2D eigenvalue weighted by molar-refractivity contribution is 6.30. The predicted molar refractivity (Wildman–Crippen MR) is 104 cm³/mol. The van der Waals surface area contributed by atoms with Crippen molar-refractivity contribution in [2.45, 2.75) is 13.3 Å². The van der Waals surface area contributed by atoms with Gasteiger partial charge in [0, 0.05) is 22.7 Å². The fourth-order valence-electron chi connectivity index (χ4n) is 3.38. The standard InChI is InChI=1S/C20H20ClN3O2/c1-12-4-5-13(21)10-17(12)24-20-15(8-9-22-20)19(23-24)16-11-14(25-2)6-7-18(16)26-3/h4-7,10-11,22H,8-9H2,1-3H3. The van der Waals surface area contributed by atoms with Crippen LogP contribution in [0.15, 0.2) is 36.4 Å². The number of nitrogens with one attached hydrogen (secondary N) is 1. The first-order chi connectivity index (χ1) is 12.6. The average Bonchev–Trinajstić information content (AvgIpc) is 3.26. The minimum absolute atomic E-state index is 0.688. The number of aromatic nitrogens is 2. The predicted octanol–water partition coefficient (Wildman–Crippen LogP) is 4.49. The number of methoxy groups -OCH3 is 2. The number of aryl methyl sites for hydroxylation is 1. The van der Waals surface area contributed by atoms with E-state index in [-0.39, 0.29) is 0 Å². The van der Waals surface area contributed by atoms with Crippen LogP contribution in [0.4, 0.5) is 5.82 Å². The lowest BCUT2D eigenvalue weighted by molar-refractivity contribution is 0.404. The topological polar surface area (TPSA) is 48.3 Å². The van der Waals surface area contributed by atoms with E-state index in [1.165, 1.54) is 5.56 Å². The van der Waals surface area contributed by atoms with Crippen molar-refractivity contribution in [3.8, 4) is 28.4 Å². The second kappa shape index (κ2) is 6.57. The van der Waals surface area contributed by atoms with E-state index < -0.39 is 0 Å². The molecule has 0 radical (unpaired) electrons. The van der Waals surface area contributed by atoms with Crippen LogP contribution >= 0.6 is 11.6 Å². The Morgan fingerprint density at radius 1 is 1.12 bits per heavy atom. The van der Waals surface area contributed by atoms with Gasteiger partial charge in [0.1, 0.15) is 23.0 Å². The molecule has 0 saturated carbocycles. The Kier molecular flexibility index (Phi) is 4.24. The Bertz CT molecular complexity index is 981. The van der Waals surface area contributed by atoms with Crippen LogP contribution in [0.1, 0.15) is 11.1 Å². The van der Waals surface area contributed by atoms with Crippen molar-refractivity contribution in [1.29, 1.82) is 0 Å². The molecule has 26 heavy (non-hydrogen) atoms. The van der Waals surface area contributed by atoms with Crippen molar-refractivity contribution in [3.63, 3.8) is 0 Å². The molecule has 2 aromatic carbocycles. The van der Waals surface area contributed by atoms with Gasteiger partial charge in [0.15, 0.2) is 0 Å². The third kappa shape index (κ3) is 2.69. The van der Waals surface area contributed by atoms with Crippen molar-refractivity contribution in [2.75, 3.05) is 26.1 Å². The molecular formula is C20H20ClN3O2. The van der Waals surface area contributed by atoms with Gasteiger partial charge in [-0.3, -0.25) is 0 Å². The van der Waals surface area contributed by atoms with Crippen molar-refractivity contribution in [1.82, 2.24) is 9.78 Å². The molecule has 2 heterocycles. The summed E-state index contributed by atoms with van der Waals surface area (Å²) in [5, 5.41) is 9.06. The molecule has 1 aromatic heterocycles. The molecule has 1 N–H and O–H groups in total. The largest absolute Gasteiger partial charge is 0.497 e. The first-order valence-electron chi connectivity index (χ1n) is 8.47. The number of hydrogen-bond acceptors (Lipinski definition) is 4. The van der Waals surface area contributed by atoms with Gasteiger partial charge in [0.2, 0.25) is 0 Å². The number of nitrogens with zero attached hydrogens (tertiary/aromatic N) is 2. The van der Waals surface area contributed by atoms with E-state index >= 15 is 0 Å². The van der Waals surface area contributed by atoms with Crippen LogP contribution in [0, 0.1) is 6.92 Å². The smallest absolute Gasteiger partial charge is 0.133 e. The number of hydrogen-bond donors (Lipinski definition) is 1. The van der Waals surface area contributed by atoms with Crippen molar-refractivity contribution >= 4 is 17.4 Å². The Hall–Kier alpha value is -2.66. The zero-order chi connectivity index (χ0) is 18.3. The highest BCUT2D eigenvalue weighted by Crippen LogP contribution is 2.40. The number of benzene rings is 2. The normalized spacial score (nSPS) is 12.6. The number of anilines is 1. The third-order valence-corrected chi connectivity index (χ3v) is 4.95. The zero-order valence-electron chi connectivity index (χ0n) is 15.0. The van der Waals surface area contributed by atoms with Gasteiger partial charge in [-0.05, 0) is 49.2 Å². The van der Waals surface area contributed by atoms with Crippen LogP contribution in [0.2, 0.25) is 5.02 Å². The van der Waals surface area contributed by atoms with Gasteiger partial charge in [0.25, 0.3) is 0 Å². The molecule has 4 rings (SSSR count). The molecule has 0 spiro atoms. The summed E-state index contributed by atoms with van der Waals surface area (Å²) < 4.78 is 12.9. The fourth-order valence-corrected chi connectivity index (χ4v) is 3.54. The van der Waals surface area contributed by atoms with Gasteiger partial charge in [0.05, 0.1) is 19.9 Å². The van der Waals surface area contributed by atoms with Crippen LogP contribution in [0.5, 0.6) is 11.5 Å². The molecular weight excluding hydrogens is 350 g/mol. The van der Waals surface area contributed by atoms with E-state index in [0.29, 0.717) is 5.02 Å². The van der Waals surface area contributed by atoms with Crippen molar-refractivity contribution in [3.05, 3.63) is 52.5 Å². The van der Waals surface area contributed by atoms with Gasteiger partial charge in [-0.15, -0.1) is 0 Å². The Morgan fingerprint density at radius 3 is 2.73 bits per heavy atom. The molecule has 0 fully saturated rings. The van der Waals surface area contributed by atoms with E-state index in [1.807, 2.05) is 41.1 Å². The maximum Gasteiger partial charge on any atom is 0.133 e. The summed E-state index contributed by atoms with van der Waals surface area (Å²) in [6.07, 6.45) is 0.907. The summed E-state index contributed by atoms with van der Waals surface area (Å²) in [4.78, 5) is 0. The zero-order valence-corrected chi connectivity index (χ0v) is 15.7. The molecule has 6 heteroatoms. The van der Waals surface area contributed by atoms with Gasteiger partial charge in [-0.1, -0.05) is 17.7 Å². The molecule has 0 aliphatic carbocycles. The summed E-state index contributed by atoms with van der Waals surface area (Å²) in [5.74, 6) is 2.55. The summed E-state index contributed by atoms with van der Waals surface area (Å²) >= 11 is 6.23. The Labute approximate surface area is 157 Å². The Morgan fingerprint density at radius 2 is 1.96 bits per heavy atom. The first kappa shape index (κ1) is 16.8. The van der Waals surface area contributed by atoms with Gasteiger partial charge < -0.3 is 14.8 Å². The lowest BCUT2D eigenvalue weighted by Gasteiger charge is -2.11. The molecule has 1 aliphatic rings. The van der Waals surface area contributed by atoms with Gasteiger partial charge in [-0.25, -0.2) is 4.68 Å². The fraction of sp³-hybridized carbons (Fsp3) is 0.250. The lowest BCUT2D eigenvalue weighted by atomic mass is 10.1. The quantitative estimate of drug-likeness (QED) is 0.736. The molecule has 0 bridgehead atoms. The molecule has 3 aromatic rings. The van der Waals surface area contributed by atoms with E-state index in [1.54, 1.807) is 14.2 Å². The average molecular weight is 370 g/mol. The van der Waals surface area contributed by atoms with Crippen LogP contribution < -0.4 is 14.8 Å². The maximum atomic E-state index is 6.23. The Balaban J connectivity index is 1.94. The van der Waals surface area contributed by atoms with Gasteiger partial charge in [-0.2, -0.15) is 5.10 Å². The first-order valence-corrected chi connectivity index (χ1v) is 8.85. The number of rotatable bonds is 4. The number of ether oxygens (including phenoxy) is 2. The van der Waals surface area contributed by atoms with E-state index in [9.17, 15) is 0 Å². The molecule has 0 saturated heterocycles. The van der Waals surface area contributed by atoms with Crippen LogP contribution in [0.25, 0.3) is 16.9 Å². The summed E-state index contributed by atoms with van der Waals surface area (Å²) in [6.45, 7) is 2.94. The molecule has 1 aliphatic heterocycles. The third-order valence-electron chi connectivity index (χ3n) is 4.71. The highest BCUT2D eigenvalue weighted by Gasteiger charge is 2.26. The molecule has 0 unspecified atom stereocenters. The second-order valence-corrected chi connectivity index (χ2v) is 6.70. The SMILES string of the molecule is COc1ccc(OC)c(-c2nn(-c3cc(Cl)ccc3C)c3c2CCN3)c1. The number of fused-ring (bicyclic) bond motifs is 1. The van der Waals surface area contributed by atoms with E-state index in [0.717, 1.165) is 52.8 Å². The summed E-state index contributed by atoms with van der Waals surface area (Å²) in [5.41, 5.74) is 5.08. The molecule has 5 nitrogen and oxygen atoms in total. The van der Waals surface area contributed by atoms with E-state index in [4.69, 9.17) is 26.2 Å². The van der Waals surface area contributed by atoms with Crippen LogP contribution in [-0.4, -0.2) is 30.5 Å². The summed E-state index contributed by atoms with van der Waals surface area (Å²) in [6, 6.07) is 11.6. The molecule has 0 amide bonds. The van der Waals surface area contributed by atoms with Crippen molar-refractivity contribution in [2.24, 2.45) is 0 Å². The molecule has 134 valence electrons. The number of halogens is 1. The van der Waals surface area contributed by atoms with Crippen LogP contribution in [-0.2, 0) is 6.42 Å². The van der Waals surface area contributed by atoms with Crippen LogP contribution in [0.3, 0.4) is 0 Å². The second-order valence-electron chi connectivity index (χ2n) is 6.26. The monoisotopic (exact) mass is 369 g/mol. The minimum Gasteiger partial charge on any atom is -0.497 e. The molecule has 0 atom stereocenters. The highest BCUT2D eigenvalue weighted by atomic mass is 35.5. The lowest BCUT2D eigenvalue weighted by Crippen LogP contribution is -2.06. The minimum atomic E-state index is 0.688. The van der Waals surface area contributed by atoms with Crippen molar-refractivity contribution < 1.29 is 9.47 Å².